The second kappa shape index (κ2) is 5.78. The standard InChI is InChI=1S/C19H20O3/c1-18-9-6-4-3-5-7-17(20)16(14-18)15(8-10-18)13-19(2)21-11-12-22-19/h3-4,8,10,17,20H,11-14H2,1-2H3. The summed E-state index contributed by atoms with van der Waals surface area (Å²) in [6.45, 7) is 5.24. The van der Waals surface area contributed by atoms with Gasteiger partial charge in [-0.1, -0.05) is 35.8 Å². The first-order valence-electron chi connectivity index (χ1n) is 7.56. The van der Waals surface area contributed by atoms with Crippen molar-refractivity contribution in [3.63, 3.8) is 0 Å². The summed E-state index contributed by atoms with van der Waals surface area (Å²) in [7, 11) is 0. The summed E-state index contributed by atoms with van der Waals surface area (Å²) in [6, 6.07) is 0. The number of aliphatic hydroxyl groups is 1. The predicted molar refractivity (Wildman–Crippen MR) is 84.5 cm³/mol. The van der Waals surface area contributed by atoms with Gasteiger partial charge in [0.05, 0.1) is 18.6 Å². The third-order valence-corrected chi connectivity index (χ3v) is 4.19. The van der Waals surface area contributed by atoms with Crippen molar-refractivity contribution in [2.24, 2.45) is 5.41 Å². The largest absolute Gasteiger partial charge is 0.376 e. The molecule has 2 atom stereocenters. The van der Waals surface area contributed by atoms with Crippen LogP contribution < -0.4 is 0 Å². The summed E-state index contributed by atoms with van der Waals surface area (Å²) >= 11 is 0. The number of hydrogen-bond acceptors (Lipinski definition) is 3. The van der Waals surface area contributed by atoms with Crippen LogP contribution in [-0.2, 0) is 9.47 Å². The van der Waals surface area contributed by atoms with E-state index >= 15 is 0 Å². The minimum Gasteiger partial charge on any atom is -0.376 e. The summed E-state index contributed by atoms with van der Waals surface area (Å²) in [5.41, 5.74) is 1.68. The van der Waals surface area contributed by atoms with Crippen LogP contribution in [0.3, 0.4) is 0 Å². The van der Waals surface area contributed by atoms with E-state index in [9.17, 15) is 5.11 Å². The second-order valence-electron chi connectivity index (χ2n) is 6.28. The number of fused-ring (bicyclic) bond motifs is 2. The fraction of sp³-hybridized carbons (Fsp3) is 0.474. The highest BCUT2D eigenvalue weighted by Gasteiger charge is 2.35. The molecule has 3 aliphatic rings. The Morgan fingerprint density at radius 3 is 2.73 bits per heavy atom. The fourth-order valence-electron chi connectivity index (χ4n) is 3.00. The van der Waals surface area contributed by atoms with Crippen LogP contribution in [0.2, 0.25) is 0 Å². The second-order valence-corrected chi connectivity index (χ2v) is 6.28. The van der Waals surface area contributed by atoms with E-state index in [0.717, 1.165) is 11.1 Å². The molecule has 114 valence electrons. The van der Waals surface area contributed by atoms with Crippen molar-refractivity contribution in [1.29, 1.82) is 0 Å². The Morgan fingerprint density at radius 1 is 1.23 bits per heavy atom. The molecular weight excluding hydrogens is 276 g/mol. The molecule has 1 fully saturated rings. The number of aliphatic hydroxyl groups excluding tert-OH is 1. The van der Waals surface area contributed by atoms with Crippen molar-refractivity contribution in [1.82, 2.24) is 0 Å². The van der Waals surface area contributed by atoms with E-state index in [1.54, 1.807) is 12.2 Å². The summed E-state index contributed by atoms with van der Waals surface area (Å²) in [5.74, 6) is 11.4. The van der Waals surface area contributed by atoms with E-state index in [0.29, 0.717) is 26.1 Å². The third-order valence-electron chi connectivity index (χ3n) is 4.19. The van der Waals surface area contributed by atoms with E-state index in [4.69, 9.17) is 9.47 Å². The van der Waals surface area contributed by atoms with Crippen LogP contribution in [0, 0.1) is 29.1 Å². The minimum absolute atomic E-state index is 0.276. The van der Waals surface area contributed by atoms with E-state index < -0.39 is 11.9 Å². The molecule has 0 aromatic carbocycles. The Labute approximate surface area is 131 Å². The van der Waals surface area contributed by atoms with Crippen LogP contribution in [0.25, 0.3) is 0 Å². The van der Waals surface area contributed by atoms with Gasteiger partial charge in [-0.15, -0.1) is 0 Å². The molecule has 0 amide bonds. The lowest BCUT2D eigenvalue weighted by molar-refractivity contribution is -0.140. The molecule has 0 spiro atoms. The van der Waals surface area contributed by atoms with Gasteiger partial charge < -0.3 is 14.6 Å². The Kier molecular flexibility index (Phi) is 3.98. The van der Waals surface area contributed by atoms with Crippen LogP contribution in [-0.4, -0.2) is 30.2 Å². The van der Waals surface area contributed by atoms with Crippen molar-refractivity contribution in [3.8, 4) is 23.7 Å². The summed E-state index contributed by atoms with van der Waals surface area (Å²) in [5, 5.41) is 10.5. The molecule has 22 heavy (non-hydrogen) atoms. The minimum atomic E-state index is -0.783. The van der Waals surface area contributed by atoms with Gasteiger partial charge in [0.25, 0.3) is 0 Å². The van der Waals surface area contributed by atoms with Gasteiger partial charge in [0, 0.05) is 6.42 Å². The first-order chi connectivity index (χ1) is 10.5. The lowest BCUT2D eigenvalue weighted by atomic mass is 9.75. The SMILES string of the molecule is CC12C#CC=CC#CC(O)C(=C(CC3(C)OCCO3)C=C1)C2. The number of hydrogen-bond donors (Lipinski definition) is 1. The van der Waals surface area contributed by atoms with Crippen molar-refractivity contribution in [2.75, 3.05) is 13.2 Å². The third kappa shape index (κ3) is 3.18. The smallest absolute Gasteiger partial charge is 0.169 e. The van der Waals surface area contributed by atoms with Gasteiger partial charge in [-0.3, -0.25) is 0 Å². The molecule has 0 aromatic rings. The molecule has 2 aliphatic carbocycles. The molecule has 0 radical (unpaired) electrons. The first kappa shape index (κ1) is 15.1. The fourth-order valence-corrected chi connectivity index (χ4v) is 3.00. The van der Waals surface area contributed by atoms with Crippen molar-refractivity contribution < 1.29 is 14.6 Å². The highest BCUT2D eigenvalue weighted by molar-refractivity contribution is 5.44. The zero-order chi connectivity index (χ0) is 15.6. The van der Waals surface area contributed by atoms with E-state index in [-0.39, 0.29) is 5.41 Å². The molecule has 2 unspecified atom stereocenters. The quantitative estimate of drug-likeness (QED) is 0.795. The Bertz CT molecular complexity index is 669. The van der Waals surface area contributed by atoms with Crippen molar-refractivity contribution in [3.05, 3.63) is 35.5 Å². The zero-order valence-corrected chi connectivity index (χ0v) is 13.0. The zero-order valence-electron chi connectivity index (χ0n) is 13.0. The van der Waals surface area contributed by atoms with Gasteiger partial charge in [0.2, 0.25) is 0 Å². The van der Waals surface area contributed by atoms with Gasteiger partial charge in [-0.05, 0) is 43.6 Å². The molecule has 1 heterocycles. The van der Waals surface area contributed by atoms with Crippen LogP contribution in [0.4, 0.5) is 0 Å². The van der Waals surface area contributed by atoms with Gasteiger partial charge in [-0.25, -0.2) is 0 Å². The molecule has 1 N–H and O–H groups in total. The first-order valence-corrected chi connectivity index (χ1v) is 7.56. The molecule has 0 aromatic heterocycles. The topological polar surface area (TPSA) is 38.7 Å². The highest BCUT2D eigenvalue weighted by atomic mass is 16.7. The number of rotatable bonds is 2. The average Bonchev–Trinajstić information content (AvgIpc) is 2.91. The van der Waals surface area contributed by atoms with E-state index in [1.807, 2.05) is 13.0 Å². The number of ether oxygens (including phenoxy) is 2. The Hall–Kier alpha value is -1.78. The summed E-state index contributed by atoms with van der Waals surface area (Å²) < 4.78 is 11.4. The number of allylic oxidation sites excluding steroid dienone is 4. The van der Waals surface area contributed by atoms with E-state index in [2.05, 4.69) is 36.7 Å². The maximum Gasteiger partial charge on any atom is 0.169 e. The monoisotopic (exact) mass is 296 g/mol. The van der Waals surface area contributed by atoms with Gasteiger partial charge in [0.15, 0.2) is 5.79 Å². The van der Waals surface area contributed by atoms with Crippen molar-refractivity contribution in [2.45, 2.75) is 38.6 Å². The van der Waals surface area contributed by atoms with Crippen LogP contribution >= 0.6 is 0 Å². The highest BCUT2D eigenvalue weighted by Crippen LogP contribution is 2.39. The maximum atomic E-state index is 10.5. The lowest BCUT2D eigenvalue weighted by Crippen LogP contribution is -2.29. The normalized spacial score (nSPS) is 32.0. The Balaban J connectivity index is 1.97. The molecular formula is C19H20O3. The van der Waals surface area contributed by atoms with Gasteiger partial charge in [-0.2, -0.15) is 0 Å². The molecule has 2 bridgehead atoms. The molecule has 3 rings (SSSR count). The molecule has 3 heteroatoms. The molecule has 1 aliphatic heterocycles. The summed E-state index contributed by atoms with van der Waals surface area (Å²) in [4.78, 5) is 0. The van der Waals surface area contributed by atoms with Crippen LogP contribution in [0.15, 0.2) is 35.5 Å². The lowest BCUT2D eigenvalue weighted by Gasteiger charge is -2.31. The molecule has 3 nitrogen and oxygen atoms in total. The Morgan fingerprint density at radius 2 is 1.95 bits per heavy atom. The molecule has 1 saturated heterocycles. The molecule has 0 saturated carbocycles. The van der Waals surface area contributed by atoms with Crippen LogP contribution in [0.5, 0.6) is 0 Å². The van der Waals surface area contributed by atoms with Crippen molar-refractivity contribution >= 4 is 0 Å². The maximum absolute atomic E-state index is 10.5. The average molecular weight is 296 g/mol. The predicted octanol–water partition coefficient (Wildman–Crippen LogP) is 2.34. The summed E-state index contributed by atoms with van der Waals surface area (Å²) in [6.07, 6.45) is 8.04. The van der Waals surface area contributed by atoms with Gasteiger partial charge >= 0.3 is 0 Å². The van der Waals surface area contributed by atoms with Crippen LogP contribution in [0.1, 0.15) is 26.7 Å². The van der Waals surface area contributed by atoms with E-state index in [1.165, 1.54) is 0 Å². The van der Waals surface area contributed by atoms with Gasteiger partial charge in [0.1, 0.15) is 6.10 Å².